The van der Waals surface area contributed by atoms with Crippen LogP contribution in [0.5, 0.6) is 0 Å². The number of benzene rings is 1. The summed E-state index contributed by atoms with van der Waals surface area (Å²) in [6, 6.07) is 8.91. The number of fused-ring (bicyclic) bond motifs is 1. The molecule has 1 heterocycles. The van der Waals surface area contributed by atoms with Crippen molar-refractivity contribution in [2.45, 2.75) is 31.8 Å². The maximum absolute atomic E-state index is 12.1. The van der Waals surface area contributed by atoms with E-state index in [9.17, 15) is 4.79 Å². The molecule has 4 nitrogen and oxygen atoms in total. The number of hydrogen-bond donors (Lipinski definition) is 1. The third kappa shape index (κ3) is 2.58. The number of piperazine rings is 1. The second kappa shape index (κ2) is 5.94. The predicted molar refractivity (Wildman–Crippen MR) is 77.6 cm³/mol. The lowest BCUT2D eigenvalue weighted by Gasteiger charge is -2.38. The molecule has 0 amide bonds. The van der Waals surface area contributed by atoms with Crippen molar-refractivity contribution in [1.29, 1.82) is 0 Å². The van der Waals surface area contributed by atoms with E-state index in [0.29, 0.717) is 19.2 Å². The van der Waals surface area contributed by atoms with Gasteiger partial charge in [-0.3, -0.25) is 9.69 Å². The highest BCUT2D eigenvalue weighted by Gasteiger charge is 2.36. The first kappa shape index (κ1) is 13.6. The molecule has 0 aromatic heterocycles. The van der Waals surface area contributed by atoms with Crippen molar-refractivity contribution < 1.29 is 9.53 Å². The zero-order valence-electron chi connectivity index (χ0n) is 12.0. The number of carbonyl (C=O) groups is 1. The van der Waals surface area contributed by atoms with Crippen molar-refractivity contribution in [3.05, 3.63) is 35.4 Å². The summed E-state index contributed by atoms with van der Waals surface area (Å²) < 4.78 is 5.23. The molecule has 4 heteroatoms. The summed E-state index contributed by atoms with van der Waals surface area (Å²) in [7, 11) is 0. The van der Waals surface area contributed by atoms with Gasteiger partial charge in [-0.25, -0.2) is 0 Å². The van der Waals surface area contributed by atoms with Crippen LogP contribution in [0.15, 0.2) is 24.3 Å². The Hall–Kier alpha value is -1.39. The van der Waals surface area contributed by atoms with Crippen molar-refractivity contribution in [2.75, 3.05) is 26.2 Å². The SMILES string of the molecule is CCOC(=O)C1CNCCN1C1Cc2ccccc2C1. The lowest BCUT2D eigenvalue weighted by Crippen LogP contribution is -2.59. The fraction of sp³-hybridized carbons (Fsp3) is 0.562. The molecule has 1 aromatic rings. The zero-order valence-corrected chi connectivity index (χ0v) is 12.0. The standard InChI is InChI=1S/C16H22N2O2/c1-2-20-16(19)15-11-17-7-8-18(15)14-9-12-5-3-4-6-13(12)10-14/h3-6,14-15,17H,2,7-11H2,1H3. The van der Waals surface area contributed by atoms with Gasteiger partial charge in [0, 0.05) is 25.7 Å². The van der Waals surface area contributed by atoms with Crippen LogP contribution < -0.4 is 5.32 Å². The van der Waals surface area contributed by atoms with E-state index in [1.807, 2.05) is 6.92 Å². The van der Waals surface area contributed by atoms with Gasteiger partial charge in [-0.2, -0.15) is 0 Å². The molecule has 1 N–H and O–H groups in total. The molecule has 1 aromatic carbocycles. The third-order valence-electron chi connectivity index (χ3n) is 4.34. The monoisotopic (exact) mass is 274 g/mol. The number of nitrogens with one attached hydrogen (secondary N) is 1. The Morgan fingerprint density at radius 1 is 1.35 bits per heavy atom. The van der Waals surface area contributed by atoms with Gasteiger partial charge in [-0.15, -0.1) is 0 Å². The quantitative estimate of drug-likeness (QED) is 0.835. The molecule has 1 aliphatic carbocycles. The van der Waals surface area contributed by atoms with Crippen molar-refractivity contribution in [3.63, 3.8) is 0 Å². The molecule has 0 radical (unpaired) electrons. The topological polar surface area (TPSA) is 41.6 Å². The largest absolute Gasteiger partial charge is 0.465 e. The molecule has 1 aliphatic heterocycles. The molecule has 108 valence electrons. The van der Waals surface area contributed by atoms with Crippen LogP contribution in [0.3, 0.4) is 0 Å². The van der Waals surface area contributed by atoms with Crippen LogP contribution in [0.1, 0.15) is 18.1 Å². The van der Waals surface area contributed by atoms with Gasteiger partial charge in [-0.1, -0.05) is 24.3 Å². The minimum atomic E-state index is -0.136. The lowest BCUT2D eigenvalue weighted by atomic mass is 10.1. The van der Waals surface area contributed by atoms with Gasteiger partial charge in [0.25, 0.3) is 0 Å². The Bertz CT molecular complexity index is 464. The van der Waals surface area contributed by atoms with Gasteiger partial charge in [0.15, 0.2) is 0 Å². The van der Waals surface area contributed by atoms with Gasteiger partial charge < -0.3 is 10.1 Å². The van der Waals surface area contributed by atoms with Gasteiger partial charge in [-0.05, 0) is 30.9 Å². The lowest BCUT2D eigenvalue weighted by molar-refractivity contribution is -0.151. The number of nitrogens with zero attached hydrogens (tertiary/aromatic N) is 1. The first-order chi connectivity index (χ1) is 9.79. The van der Waals surface area contributed by atoms with Crippen molar-refractivity contribution in [3.8, 4) is 0 Å². The van der Waals surface area contributed by atoms with Crippen LogP contribution in [-0.2, 0) is 22.4 Å². The first-order valence-corrected chi connectivity index (χ1v) is 7.49. The molecule has 20 heavy (non-hydrogen) atoms. The van der Waals surface area contributed by atoms with Crippen molar-refractivity contribution in [1.82, 2.24) is 10.2 Å². The molecular weight excluding hydrogens is 252 g/mol. The average molecular weight is 274 g/mol. The summed E-state index contributed by atoms with van der Waals surface area (Å²) in [6.07, 6.45) is 2.10. The Morgan fingerprint density at radius 3 is 2.70 bits per heavy atom. The summed E-state index contributed by atoms with van der Waals surface area (Å²) in [5.74, 6) is -0.0874. The molecule has 0 saturated carbocycles. The first-order valence-electron chi connectivity index (χ1n) is 7.49. The molecule has 1 fully saturated rings. The molecule has 1 atom stereocenters. The smallest absolute Gasteiger partial charge is 0.324 e. The Kier molecular flexibility index (Phi) is 4.03. The number of esters is 1. The maximum atomic E-state index is 12.1. The molecule has 0 spiro atoms. The van der Waals surface area contributed by atoms with E-state index in [2.05, 4.69) is 34.5 Å². The summed E-state index contributed by atoms with van der Waals surface area (Å²) in [5, 5.41) is 3.31. The van der Waals surface area contributed by atoms with Gasteiger partial charge in [0.2, 0.25) is 0 Å². The Balaban J connectivity index is 1.73. The molecular formula is C16H22N2O2. The Labute approximate surface area is 120 Å². The number of ether oxygens (including phenoxy) is 1. The zero-order chi connectivity index (χ0) is 13.9. The van der Waals surface area contributed by atoms with E-state index in [-0.39, 0.29) is 12.0 Å². The number of hydrogen-bond acceptors (Lipinski definition) is 4. The van der Waals surface area contributed by atoms with Gasteiger partial charge in [0.05, 0.1) is 6.61 Å². The van der Waals surface area contributed by atoms with Gasteiger partial charge >= 0.3 is 5.97 Å². The van der Waals surface area contributed by atoms with E-state index in [1.165, 1.54) is 11.1 Å². The van der Waals surface area contributed by atoms with E-state index >= 15 is 0 Å². The van der Waals surface area contributed by atoms with Crippen molar-refractivity contribution >= 4 is 5.97 Å². The van der Waals surface area contributed by atoms with Crippen LogP contribution in [0.2, 0.25) is 0 Å². The molecule has 1 saturated heterocycles. The molecule has 2 aliphatic rings. The van der Waals surface area contributed by atoms with Crippen LogP contribution in [0, 0.1) is 0 Å². The van der Waals surface area contributed by atoms with E-state index in [4.69, 9.17) is 4.74 Å². The van der Waals surface area contributed by atoms with Crippen molar-refractivity contribution in [2.24, 2.45) is 0 Å². The van der Waals surface area contributed by atoms with E-state index < -0.39 is 0 Å². The minimum Gasteiger partial charge on any atom is -0.465 e. The van der Waals surface area contributed by atoms with E-state index in [1.54, 1.807) is 0 Å². The fourth-order valence-electron chi connectivity index (χ4n) is 3.38. The summed E-state index contributed by atoms with van der Waals surface area (Å²) in [5.41, 5.74) is 2.86. The van der Waals surface area contributed by atoms with Crippen LogP contribution in [0.25, 0.3) is 0 Å². The van der Waals surface area contributed by atoms with Crippen LogP contribution in [0.4, 0.5) is 0 Å². The van der Waals surface area contributed by atoms with Crippen LogP contribution >= 0.6 is 0 Å². The Morgan fingerprint density at radius 2 is 2.05 bits per heavy atom. The number of carbonyl (C=O) groups excluding carboxylic acids is 1. The second-order valence-corrected chi connectivity index (χ2v) is 5.54. The second-order valence-electron chi connectivity index (χ2n) is 5.54. The minimum absolute atomic E-state index is 0.0874. The average Bonchev–Trinajstić information content (AvgIpc) is 2.91. The summed E-state index contributed by atoms with van der Waals surface area (Å²) in [6.45, 7) is 4.88. The highest BCUT2D eigenvalue weighted by atomic mass is 16.5. The predicted octanol–water partition coefficient (Wildman–Crippen LogP) is 0.991. The highest BCUT2D eigenvalue weighted by Crippen LogP contribution is 2.27. The fourth-order valence-corrected chi connectivity index (χ4v) is 3.38. The molecule has 1 unspecified atom stereocenters. The van der Waals surface area contributed by atoms with Gasteiger partial charge in [0.1, 0.15) is 6.04 Å². The van der Waals surface area contributed by atoms with E-state index in [0.717, 1.165) is 25.9 Å². The van der Waals surface area contributed by atoms with Crippen LogP contribution in [-0.4, -0.2) is 49.2 Å². The molecule has 3 rings (SSSR count). The highest BCUT2D eigenvalue weighted by molar-refractivity contribution is 5.76. The number of rotatable bonds is 3. The third-order valence-corrected chi connectivity index (χ3v) is 4.34. The summed E-state index contributed by atoms with van der Waals surface area (Å²) in [4.78, 5) is 14.5. The molecule has 0 bridgehead atoms. The maximum Gasteiger partial charge on any atom is 0.324 e. The summed E-state index contributed by atoms with van der Waals surface area (Å²) >= 11 is 0. The normalized spacial score (nSPS) is 23.6.